The average Bonchev–Trinajstić information content (AvgIpc) is 0.853. The molecule has 14 rings (SSSR count). The molecule has 5 nitrogen and oxygen atoms in total. The Balaban J connectivity index is 0.000000206. The van der Waals surface area contributed by atoms with Crippen LogP contribution in [0.25, 0.3) is 101 Å². The van der Waals surface area contributed by atoms with Gasteiger partial charge in [0.05, 0.1) is 32.3 Å². The molecule has 0 saturated carbocycles. The summed E-state index contributed by atoms with van der Waals surface area (Å²) in [7, 11) is -5.22. The molecule has 0 aliphatic heterocycles. The molecule has 0 atom stereocenters. The summed E-state index contributed by atoms with van der Waals surface area (Å²) in [4.78, 5) is 22.2. The van der Waals surface area contributed by atoms with Crippen LogP contribution in [0.4, 0.5) is 0 Å². The van der Waals surface area contributed by atoms with Crippen molar-refractivity contribution in [3.8, 4) is 101 Å². The SMILES string of the molecule is C[Si](C)(C)c1ccc(-c2[c-]cc(-c3ccccc3)cc2)nc1.C[Si](C)(C)c1ccc(-c2c[c-]c(-c3ccccn3)cc2)cc1.C[Si](C)(C)c1ccnc(-c2[c-]cc(-c3ccccc3)cc2)c1.Cc1ccnc(-c2[c-]ccc(-c3ccccc3[Si](C)(C)C)c2)c1.[Ir].[Ir].[Ir].[Ir].[c-]1ccccc1-c1ccccn1. The van der Waals surface area contributed by atoms with Gasteiger partial charge in [-0.15, -0.1) is 161 Å². The van der Waals surface area contributed by atoms with Crippen LogP contribution >= 0.6 is 0 Å². The second kappa shape index (κ2) is 40.8. The van der Waals surface area contributed by atoms with Gasteiger partial charge in [0.25, 0.3) is 0 Å². The second-order valence-electron chi connectivity index (χ2n) is 29.1. The van der Waals surface area contributed by atoms with E-state index in [9.17, 15) is 0 Å². The van der Waals surface area contributed by atoms with Crippen molar-refractivity contribution in [1.29, 1.82) is 0 Å². The Morgan fingerprint density at radius 1 is 0.248 bits per heavy atom. The molecule has 0 bridgehead atoms. The van der Waals surface area contributed by atoms with E-state index in [-0.39, 0.29) is 80.4 Å². The standard InChI is InChI=1S/C21H22NSi.3C20H20NSi.C11H8N.4Ir/c1-16-12-13-22-20(14-16)18-9-7-8-17(15-18)19-10-5-6-11-21(19)23(2,3)4;1-22(2,3)19-13-11-17(12-14-19)16-7-9-18(10-8-16)20-6-4-5-15-21-20;1-22(2,3)19-13-14-21-20(15-19)18-11-9-17(10-12-18)16-7-5-4-6-8-16;1-22(2,3)19-13-14-20(21-15-19)18-11-9-17(10-12-18)16-7-5-4-6-8-16;1-2-6-10(7-3-1)11-8-4-5-9-12-11;;;;/h5-8,10-15H,1-4H3;4-9,11-15H,1-3H3;2*4-11,13-15H,1-3H3;1-6,8-9H;;;;/q5*-1;;;;. The van der Waals surface area contributed by atoms with Crippen LogP contribution in [0.3, 0.4) is 0 Å². The third kappa shape index (κ3) is 25.4. The molecule has 540 valence electrons. The summed E-state index contributed by atoms with van der Waals surface area (Å²) in [5.74, 6) is 0. The average molecular weight is 2150 g/mol. The van der Waals surface area contributed by atoms with Gasteiger partial charge >= 0.3 is 0 Å². The van der Waals surface area contributed by atoms with Crippen LogP contribution in [0.5, 0.6) is 0 Å². The molecule has 0 aliphatic rings. The van der Waals surface area contributed by atoms with Crippen molar-refractivity contribution in [3.05, 3.63) is 346 Å². The maximum Gasteiger partial charge on any atom is 0.0795 e. The first-order valence-electron chi connectivity index (χ1n) is 34.6. The Morgan fingerprint density at radius 2 is 0.667 bits per heavy atom. The van der Waals surface area contributed by atoms with E-state index in [0.29, 0.717) is 0 Å². The second-order valence-corrected chi connectivity index (χ2v) is 49.4. The zero-order valence-corrected chi connectivity index (χ0v) is 75.6. The van der Waals surface area contributed by atoms with Crippen LogP contribution in [-0.4, -0.2) is 57.2 Å². The Kier molecular flexibility index (Phi) is 33.5. The van der Waals surface area contributed by atoms with Gasteiger partial charge in [0.2, 0.25) is 0 Å². The Hall–Kier alpha value is -7.81. The summed E-state index contributed by atoms with van der Waals surface area (Å²) in [6.45, 7) is 30.5. The van der Waals surface area contributed by atoms with Gasteiger partial charge in [0.1, 0.15) is 0 Å². The summed E-state index contributed by atoms with van der Waals surface area (Å²) in [5.41, 5.74) is 21.2. The Labute approximate surface area is 683 Å². The fraction of sp³-hybridized carbons (Fsp3) is 0.141. The van der Waals surface area contributed by atoms with Crippen LogP contribution in [0.1, 0.15) is 5.56 Å². The normalized spacial score (nSPS) is 10.8. The van der Waals surface area contributed by atoms with E-state index in [1.54, 1.807) is 6.20 Å². The summed E-state index contributed by atoms with van der Waals surface area (Å²) < 4.78 is 0. The van der Waals surface area contributed by atoms with Gasteiger partial charge in [-0.2, -0.15) is 0 Å². The quantitative estimate of drug-likeness (QED) is 0.0850. The van der Waals surface area contributed by atoms with E-state index in [2.05, 4.69) is 317 Å². The van der Waals surface area contributed by atoms with Gasteiger partial charge in [-0.25, -0.2) is 0 Å². The molecule has 0 spiro atoms. The molecule has 0 fully saturated rings. The number of nitrogens with zero attached hydrogens (tertiary/aromatic N) is 5. The van der Waals surface area contributed by atoms with Crippen molar-refractivity contribution >= 4 is 53.0 Å². The molecule has 4 radical (unpaired) electrons. The zero-order valence-electron chi connectivity index (χ0n) is 62.0. The molecule has 0 amide bonds. The summed E-state index contributed by atoms with van der Waals surface area (Å²) in [6.07, 6.45) is 9.41. The topological polar surface area (TPSA) is 64.5 Å². The first kappa shape index (κ1) is 86.1. The number of benzene rings is 9. The van der Waals surface area contributed by atoms with Crippen LogP contribution < -0.4 is 20.7 Å². The minimum atomic E-state index is -1.39. The summed E-state index contributed by atoms with van der Waals surface area (Å²) in [6, 6.07) is 113. The first-order valence-corrected chi connectivity index (χ1v) is 48.6. The third-order valence-corrected chi connectivity index (χ3v) is 25.4. The molecule has 0 N–H and O–H groups in total. The molecule has 5 aromatic heterocycles. The monoisotopic (exact) mass is 2150 g/mol. The van der Waals surface area contributed by atoms with Crippen molar-refractivity contribution in [2.45, 2.75) is 85.5 Å². The number of pyridine rings is 5. The van der Waals surface area contributed by atoms with E-state index < -0.39 is 32.3 Å². The molecule has 9 aromatic carbocycles. The van der Waals surface area contributed by atoms with Crippen LogP contribution in [0, 0.1) is 37.3 Å². The molecule has 0 unspecified atom stereocenters. The van der Waals surface area contributed by atoms with E-state index in [0.717, 1.165) is 56.3 Å². The molecule has 5 heterocycles. The van der Waals surface area contributed by atoms with Crippen molar-refractivity contribution in [3.63, 3.8) is 0 Å². The fourth-order valence-corrected chi connectivity index (χ4v) is 16.2. The van der Waals surface area contributed by atoms with E-state index in [1.165, 1.54) is 70.8 Å². The number of aryl methyl sites for hydroxylation is 1. The predicted molar refractivity (Wildman–Crippen MR) is 441 cm³/mol. The van der Waals surface area contributed by atoms with Crippen molar-refractivity contribution in [2.75, 3.05) is 0 Å². The number of hydrogen-bond acceptors (Lipinski definition) is 5. The zero-order chi connectivity index (χ0) is 71.4. The van der Waals surface area contributed by atoms with Crippen LogP contribution in [0.2, 0.25) is 78.6 Å². The minimum Gasteiger partial charge on any atom is -0.305 e. The minimum absolute atomic E-state index is 0. The van der Waals surface area contributed by atoms with Gasteiger partial charge in [-0.05, 0) is 70.4 Å². The van der Waals surface area contributed by atoms with Crippen molar-refractivity contribution in [1.82, 2.24) is 24.9 Å². The Bertz CT molecular complexity index is 4690. The maximum absolute atomic E-state index is 4.62. The molecule has 13 heteroatoms. The molecular formula is C92H90Ir4N5Si4-5. The van der Waals surface area contributed by atoms with Crippen LogP contribution in [-0.2, 0) is 80.4 Å². The smallest absolute Gasteiger partial charge is 0.0795 e. The molecule has 14 aromatic rings. The van der Waals surface area contributed by atoms with Gasteiger partial charge in [0, 0.05) is 111 Å². The van der Waals surface area contributed by atoms with Gasteiger partial charge < -0.3 is 24.9 Å². The number of hydrogen-bond donors (Lipinski definition) is 0. The fourth-order valence-electron chi connectivity index (χ4n) is 11.2. The van der Waals surface area contributed by atoms with E-state index in [1.807, 2.05) is 128 Å². The number of rotatable bonds is 13. The van der Waals surface area contributed by atoms with Crippen LogP contribution in [0.15, 0.2) is 310 Å². The van der Waals surface area contributed by atoms with Crippen molar-refractivity contribution in [2.24, 2.45) is 0 Å². The van der Waals surface area contributed by atoms with Gasteiger partial charge in [-0.3, -0.25) is 0 Å². The Morgan fingerprint density at radius 3 is 1.11 bits per heavy atom. The number of aromatic nitrogens is 5. The molecule has 105 heavy (non-hydrogen) atoms. The van der Waals surface area contributed by atoms with E-state index >= 15 is 0 Å². The van der Waals surface area contributed by atoms with E-state index in [4.69, 9.17) is 0 Å². The van der Waals surface area contributed by atoms with Crippen molar-refractivity contribution < 1.29 is 80.4 Å². The maximum atomic E-state index is 4.62. The van der Waals surface area contributed by atoms with Gasteiger partial charge in [0.15, 0.2) is 0 Å². The first-order chi connectivity index (χ1) is 48.5. The summed E-state index contributed by atoms with van der Waals surface area (Å²) >= 11 is 0. The molecule has 0 saturated heterocycles. The predicted octanol–water partition coefficient (Wildman–Crippen LogP) is 21.9. The third-order valence-electron chi connectivity index (χ3n) is 17.2. The largest absolute Gasteiger partial charge is 0.305 e. The molecular weight excluding hydrogens is 2060 g/mol. The van der Waals surface area contributed by atoms with Gasteiger partial charge in [-0.1, -0.05) is 291 Å². The molecule has 0 aliphatic carbocycles. The summed E-state index contributed by atoms with van der Waals surface area (Å²) in [5, 5.41) is 5.80.